The number of carbonyl (C=O) groups excluding carboxylic acids is 1. The molecule has 0 atom stereocenters. The molecule has 1 aromatic carbocycles. The second-order valence-corrected chi connectivity index (χ2v) is 11.1. The van der Waals surface area contributed by atoms with Crippen molar-refractivity contribution in [2.24, 2.45) is 0 Å². The highest BCUT2D eigenvalue weighted by molar-refractivity contribution is 7.91. The molecule has 1 aliphatic heterocycles. The fourth-order valence-electron chi connectivity index (χ4n) is 3.99. The average Bonchev–Trinajstić information content (AvgIpc) is 3.36. The molecule has 1 amide bonds. The van der Waals surface area contributed by atoms with E-state index in [9.17, 15) is 18.3 Å². The van der Waals surface area contributed by atoms with E-state index in [0.717, 1.165) is 32.3 Å². The van der Waals surface area contributed by atoms with E-state index in [2.05, 4.69) is 4.98 Å². The third-order valence-electron chi connectivity index (χ3n) is 5.52. The van der Waals surface area contributed by atoms with Crippen LogP contribution in [0.25, 0.3) is 21.0 Å². The topological polar surface area (TPSA) is 95.7 Å². The van der Waals surface area contributed by atoms with Crippen LogP contribution >= 0.6 is 22.9 Å². The average molecular weight is 491 g/mol. The van der Waals surface area contributed by atoms with E-state index >= 15 is 0 Å². The highest BCUT2D eigenvalue weighted by Gasteiger charge is 2.35. The molecule has 4 heterocycles. The van der Waals surface area contributed by atoms with Gasteiger partial charge in [-0.05, 0) is 35.7 Å². The van der Waals surface area contributed by atoms with Gasteiger partial charge >= 0.3 is 0 Å². The normalized spacial score (nSPS) is 15.8. The number of benzene rings is 1. The third-order valence-corrected chi connectivity index (χ3v) is 9.15. The van der Waals surface area contributed by atoms with Gasteiger partial charge in [0, 0.05) is 47.1 Å². The van der Waals surface area contributed by atoms with Gasteiger partial charge in [-0.2, -0.15) is 4.31 Å². The Morgan fingerprint density at radius 3 is 2.75 bits per heavy atom. The Balaban J connectivity index is 1.43. The molecule has 5 rings (SSSR count). The van der Waals surface area contributed by atoms with Crippen molar-refractivity contribution < 1.29 is 18.3 Å². The Hall–Kier alpha value is -2.50. The molecule has 0 saturated carbocycles. The van der Waals surface area contributed by atoms with Crippen LogP contribution in [0.5, 0.6) is 0 Å². The predicted octanol–water partition coefficient (Wildman–Crippen LogP) is 2.93. The van der Waals surface area contributed by atoms with E-state index < -0.39 is 10.0 Å². The van der Waals surface area contributed by atoms with Crippen LogP contribution in [0.3, 0.4) is 0 Å². The number of hydrogen-bond donors (Lipinski definition) is 1. The first-order chi connectivity index (χ1) is 15.4. The Morgan fingerprint density at radius 2 is 1.97 bits per heavy atom. The molecule has 0 unspecified atom stereocenters. The summed E-state index contributed by atoms with van der Waals surface area (Å²) in [6.45, 7) is 0.360. The lowest BCUT2D eigenvalue weighted by Gasteiger charge is -2.33. The van der Waals surface area contributed by atoms with Gasteiger partial charge in [0.25, 0.3) is 10.0 Å². The molecule has 1 aliphatic rings. The number of rotatable bonds is 5. The van der Waals surface area contributed by atoms with Gasteiger partial charge in [0.15, 0.2) is 0 Å². The zero-order valence-electron chi connectivity index (χ0n) is 16.8. The van der Waals surface area contributed by atoms with Gasteiger partial charge in [-0.1, -0.05) is 17.7 Å². The monoisotopic (exact) mass is 490 g/mol. The summed E-state index contributed by atoms with van der Waals surface area (Å²) in [5.41, 5.74) is 0.857. The van der Waals surface area contributed by atoms with Crippen LogP contribution in [-0.2, 0) is 21.4 Å². The Morgan fingerprint density at radius 1 is 1.12 bits per heavy atom. The van der Waals surface area contributed by atoms with Crippen LogP contribution in [0.15, 0.2) is 53.0 Å². The number of piperazine rings is 1. The van der Waals surface area contributed by atoms with Crippen molar-refractivity contribution >= 4 is 65.7 Å². The van der Waals surface area contributed by atoms with Crippen molar-refractivity contribution in [1.29, 1.82) is 0 Å². The Bertz CT molecular complexity index is 1450. The van der Waals surface area contributed by atoms with Crippen LogP contribution in [-0.4, -0.2) is 59.5 Å². The lowest BCUT2D eigenvalue weighted by Crippen LogP contribution is -2.52. The number of fused-ring (bicyclic) bond motifs is 2. The number of pyridine rings is 1. The minimum Gasteiger partial charge on any atom is -0.395 e. The van der Waals surface area contributed by atoms with Crippen molar-refractivity contribution in [3.05, 3.63) is 53.8 Å². The van der Waals surface area contributed by atoms with E-state index in [-0.39, 0.29) is 36.4 Å². The van der Waals surface area contributed by atoms with E-state index in [0.29, 0.717) is 17.4 Å². The maximum atomic E-state index is 13.2. The third kappa shape index (κ3) is 3.57. The molecule has 0 spiro atoms. The molecule has 3 aromatic heterocycles. The maximum Gasteiger partial charge on any atom is 0.253 e. The van der Waals surface area contributed by atoms with E-state index in [1.54, 1.807) is 41.6 Å². The van der Waals surface area contributed by atoms with Crippen molar-refractivity contribution in [3.63, 3.8) is 0 Å². The van der Waals surface area contributed by atoms with Crippen molar-refractivity contribution in [3.8, 4) is 0 Å². The molecule has 0 aliphatic carbocycles. The molecular formula is C21H19ClN4O4S2. The van der Waals surface area contributed by atoms with Gasteiger partial charge in [0.1, 0.15) is 10.0 Å². The summed E-state index contributed by atoms with van der Waals surface area (Å²) in [6.07, 6.45) is 3.36. The second-order valence-electron chi connectivity index (χ2n) is 7.44. The lowest BCUT2D eigenvalue weighted by molar-refractivity contribution is -0.120. The molecule has 166 valence electrons. The van der Waals surface area contributed by atoms with Crippen molar-refractivity contribution in [1.82, 2.24) is 13.9 Å². The van der Waals surface area contributed by atoms with Crippen LogP contribution < -0.4 is 4.90 Å². The van der Waals surface area contributed by atoms with Gasteiger partial charge in [-0.25, -0.2) is 8.42 Å². The van der Waals surface area contributed by atoms with E-state index in [1.165, 1.54) is 4.31 Å². The Kier molecular flexibility index (Phi) is 5.42. The highest BCUT2D eigenvalue weighted by atomic mass is 35.5. The summed E-state index contributed by atoms with van der Waals surface area (Å²) in [4.78, 5) is 18.7. The number of anilines is 1. The van der Waals surface area contributed by atoms with Crippen molar-refractivity contribution in [2.45, 2.75) is 10.8 Å². The second kappa shape index (κ2) is 8.13. The molecule has 4 aromatic rings. The number of aliphatic hydroxyl groups excluding tert-OH is 1. The Labute approximate surface area is 193 Å². The largest absolute Gasteiger partial charge is 0.395 e. The number of halogens is 1. The summed E-state index contributed by atoms with van der Waals surface area (Å²) < 4.78 is 30.5. The van der Waals surface area contributed by atoms with E-state index in [1.807, 2.05) is 16.7 Å². The first-order valence-electron chi connectivity index (χ1n) is 9.92. The smallest absolute Gasteiger partial charge is 0.253 e. The van der Waals surface area contributed by atoms with Gasteiger partial charge in [-0.3, -0.25) is 14.7 Å². The van der Waals surface area contributed by atoms with Gasteiger partial charge < -0.3 is 9.67 Å². The first-order valence-corrected chi connectivity index (χ1v) is 12.6. The fraction of sp³-hybridized carbons (Fsp3) is 0.238. The summed E-state index contributed by atoms with van der Waals surface area (Å²) in [5, 5.41) is 11.7. The van der Waals surface area contributed by atoms with Crippen LogP contribution in [0.1, 0.15) is 0 Å². The number of sulfonamides is 1. The quantitative estimate of drug-likeness (QED) is 0.464. The van der Waals surface area contributed by atoms with Crippen molar-refractivity contribution in [2.75, 3.05) is 31.1 Å². The fourth-order valence-corrected chi connectivity index (χ4v) is 7.20. The summed E-state index contributed by atoms with van der Waals surface area (Å²) in [5.74, 6) is 0.305. The molecule has 0 bridgehead atoms. The number of amides is 1. The lowest BCUT2D eigenvalue weighted by atomic mass is 10.3. The van der Waals surface area contributed by atoms with Crippen LogP contribution in [0.4, 0.5) is 5.82 Å². The molecule has 1 N–H and O–H groups in total. The van der Waals surface area contributed by atoms with Gasteiger partial charge in [0.2, 0.25) is 5.91 Å². The molecule has 11 heteroatoms. The SMILES string of the molecule is O=C1CN(S(=O)(=O)c2cc3ccc(Cl)cc3s2)CCN1c1cc2cnccc2n1CCO. The van der Waals surface area contributed by atoms with E-state index in [4.69, 9.17) is 11.6 Å². The molecular weight excluding hydrogens is 472 g/mol. The first kappa shape index (κ1) is 21.4. The standard InChI is InChI=1S/C21H19ClN4O4S2/c22-16-2-1-14-10-21(31-18(14)11-16)32(29,30)24-5-6-26(20(28)13-24)19-9-15-12-23-4-3-17(15)25(19)7-8-27/h1-4,9-12,27H,5-8,13H2. The number of nitrogens with zero attached hydrogens (tertiary/aromatic N) is 4. The molecule has 0 radical (unpaired) electrons. The number of aliphatic hydroxyl groups is 1. The molecule has 1 fully saturated rings. The van der Waals surface area contributed by atoms with Crippen LogP contribution in [0.2, 0.25) is 5.02 Å². The molecule has 8 nitrogen and oxygen atoms in total. The highest BCUT2D eigenvalue weighted by Crippen LogP contribution is 2.34. The summed E-state index contributed by atoms with van der Waals surface area (Å²) in [6, 6.07) is 10.5. The summed E-state index contributed by atoms with van der Waals surface area (Å²) >= 11 is 7.17. The predicted molar refractivity (Wildman–Crippen MR) is 125 cm³/mol. The zero-order chi connectivity index (χ0) is 22.5. The number of hydrogen-bond acceptors (Lipinski definition) is 6. The van der Waals surface area contributed by atoms with Crippen LogP contribution in [0, 0.1) is 0 Å². The zero-order valence-corrected chi connectivity index (χ0v) is 19.2. The minimum absolute atomic E-state index is 0.0857. The van der Waals surface area contributed by atoms with Gasteiger partial charge in [-0.15, -0.1) is 11.3 Å². The molecule has 32 heavy (non-hydrogen) atoms. The summed E-state index contributed by atoms with van der Waals surface area (Å²) in [7, 11) is -3.82. The van der Waals surface area contributed by atoms with Gasteiger partial charge in [0.05, 0.1) is 18.7 Å². The maximum absolute atomic E-state index is 13.2. The number of carbonyl (C=O) groups is 1. The minimum atomic E-state index is -3.82. The number of aromatic nitrogens is 2. The number of thiophene rings is 1. The molecule has 1 saturated heterocycles.